The third kappa shape index (κ3) is 4.72. The standard InChI is InChI=1S/C36H46N4O6S2.H2/c1-5-38-19-26-16-25(38)20-40(26)48(44,45)36-18-31(36)30-17-27(46-4)12-14-28(30)34-33(23-9-7-6-8-10-23)29-13-11-24(15-32(29)39(34)21-36)35(41)37-47(42,43)22(2)3;/h11-15,17,22-23,25-26,31H,5-10,16,18-21H2,1-4H3,(H,37,41);1H. The first kappa shape index (κ1) is 32.3. The molecule has 3 aliphatic heterocycles. The van der Waals surface area contributed by atoms with E-state index in [1.807, 2.05) is 22.5 Å². The van der Waals surface area contributed by atoms with Crippen molar-refractivity contribution in [3.63, 3.8) is 0 Å². The number of piperazine rings is 1. The van der Waals surface area contributed by atoms with Crippen molar-refractivity contribution in [2.75, 3.05) is 26.7 Å². The second-order valence-electron chi connectivity index (χ2n) is 14.9. The fraction of sp³-hybridized carbons (Fsp3) is 0.583. The average molecular weight is 697 g/mol. The van der Waals surface area contributed by atoms with Crippen molar-refractivity contribution in [2.24, 2.45) is 0 Å². The van der Waals surface area contributed by atoms with E-state index in [0.717, 1.165) is 72.9 Å². The zero-order valence-corrected chi connectivity index (χ0v) is 29.9. The van der Waals surface area contributed by atoms with Gasteiger partial charge in [-0.25, -0.2) is 21.6 Å². The third-order valence-electron chi connectivity index (χ3n) is 12.1. The van der Waals surface area contributed by atoms with Gasteiger partial charge in [-0.3, -0.25) is 9.69 Å². The minimum atomic E-state index is -3.84. The summed E-state index contributed by atoms with van der Waals surface area (Å²) in [4.78, 5) is 15.8. The van der Waals surface area contributed by atoms with Gasteiger partial charge in [-0.2, -0.15) is 4.31 Å². The Morgan fingerprint density at radius 2 is 1.81 bits per heavy atom. The Balaban J connectivity index is 0.00000378. The Kier molecular flexibility index (Phi) is 7.60. The highest BCUT2D eigenvalue weighted by Gasteiger charge is 2.69. The number of nitrogens with one attached hydrogen (secondary N) is 1. The van der Waals surface area contributed by atoms with Gasteiger partial charge in [-0.05, 0) is 93.5 Å². The van der Waals surface area contributed by atoms with E-state index in [1.54, 1.807) is 19.2 Å². The number of hydrogen-bond donors (Lipinski definition) is 1. The van der Waals surface area contributed by atoms with Crippen molar-refractivity contribution in [1.82, 2.24) is 18.5 Å². The maximum atomic E-state index is 15.0. The smallest absolute Gasteiger partial charge is 0.264 e. The Hall–Kier alpha value is -2.93. The summed E-state index contributed by atoms with van der Waals surface area (Å²) in [5, 5.41) is 0.246. The van der Waals surface area contributed by atoms with Crippen LogP contribution in [0.2, 0.25) is 0 Å². The second-order valence-corrected chi connectivity index (χ2v) is 19.4. The lowest BCUT2D eigenvalue weighted by Gasteiger charge is -2.35. The molecule has 5 aliphatic rings. The number of carbonyl (C=O) groups is 1. The largest absolute Gasteiger partial charge is 0.497 e. The van der Waals surface area contributed by atoms with E-state index in [0.29, 0.717) is 24.6 Å². The molecule has 4 fully saturated rings. The van der Waals surface area contributed by atoms with Crippen LogP contribution in [-0.2, 0) is 26.6 Å². The molecule has 2 saturated carbocycles. The lowest BCUT2D eigenvalue weighted by atomic mass is 9.81. The van der Waals surface area contributed by atoms with Crippen molar-refractivity contribution in [3.05, 3.63) is 53.1 Å². The molecule has 0 radical (unpaired) electrons. The number of fused-ring (bicyclic) bond motifs is 9. The van der Waals surface area contributed by atoms with Crippen LogP contribution in [0, 0.1) is 0 Å². The summed E-state index contributed by atoms with van der Waals surface area (Å²) in [5.74, 6) is 0.134. The van der Waals surface area contributed by atoms with Gasteiger partial charge in [-0.1, -0.05) is 32.3 Å². The molecule has 2 aromatic carbocycles. The first-order valence-corrected chi connectivity index (χ1v) is 20.5. The first-order chi connectivity index (χ1) is 22.9. The third-order valence-corrected chi connectivity index (χ3v) is 16.5. The van der Waals surface area contributed by atoms with Gasteiger partial charge in [0.25, 0.3) is 5.91 Å². The quantitative estimate of drug-likeness (QED) is 0.334. The van der Waals surface area contributed by atoms with E-state index in [-0.39, 0.29) is 31.5 Å². The van der Waals surface area contributed by atoms with Crippen LogP contribution >= 0.6 is 0 Å². The van der Waals surface area contributed by atoms with Gasteiger partial charge >= 0.3 is 0 Å². The summed E-state index contributed by atoms with van der Waals surface area (Å²) in [6, 6.07) is 11.8. The monoisotopic (exact) mass is 696 g/mol. The van der Waals surface area contributed by atoms with Gasteiger partial charge in [0.15, 0.2) is 0 Å². The number of rotatable bonds is 8. The number of amides is 1. The maximum Gasteiger partial charge on any atom is 0.264 e. The fourth-order valence-corrected chi connectivity index (χ4v) is 12.5. The molecule has 2 saturated heterocycles. The number of hydrogen-bond acceptors (Lipinski definition) is 7. The molecule has 1 N–H and O–H groups in total. The van der Waals surface area contributed by atoms with Crippen LogP contribution in [0.3, 0.4) is 0 Å². The highest BCUT2D eigenvalue weighted by atomic mass is 32.2. The molecule has 2 aliphatic carbocycles. The second kappa shape index (κ2) is 11.3. The number of sulfonamides is 2. The molecule has 8 rings (SSSR count). The SMILES string of the molecule is CCN1CC2CC1CN2S(=O)(=O)C12CC1c1cc(OC)ccc1-c1c(C3CCCCC3)c3ccc(C(=O)NS(=O)(=O)C(C)C)cc3n1C2.[HH]. The molecule has 48 heavy (non-hydrogen) atoms. The van der Waals surface area contributed by atoms with E-state index in [4.69, 9.17) is 4.74 Å². The zero-order chi connectivity index (χ0) is 33.7. The number of benzene rings is 2. The van der Waals surface area contributed by atoms with Gasteiger partial charge in [-0.15, -0.1) is 0 Å². The zero-order valence-electron chi connectivity index (χ0n) is 28.2. The van der Waals surface area contributed by atoms with Crippen molar-refractivity contribution in [1.29, 1.82) is 0 Å². The maximum absolute atomic E-state index is 15.0. The number of carbonyl (C=O) groups excluding carboxylic acids is 1. The molecule has 1 amide bonds. The Morgan fingerprint density at radius 1 is 1.04 bits per heavy atom. The number of nitrogens with zero attached hydrogens (tertiary/aromatic N) is 3. The van der Waals surface area contributed by atoms with Crippen molar-refractivity contribution in [2.45, 2.75) is 106 Å². The minimum absolute atomic E-state index is 0. The van der Waals surface area contributed by atoms with Gasteiger partial charge < -0.3 is 9.30 Å². The molecule has 10 nitrogen and oxygen atoms in total. The molecule has 12 heteroatoms. The summed E-state index contributed by atoms with van der Waals surface area (Å²) in [6.45, 7) is 7.71. The van der Waals surface area contributed by atoms with Gasteiger partial charge in [0, 0.05) is 61.1 Å². The van der Waals surface area contributed by atoms with E-state index in [2.05, 4.69) is 27.2 Å². The predicted molar refractivity (Wildman–Crippen MR) is 189 cm³/mol. The fourth-order valence-electron chi connectivity index (χ4n) is 9.37. The molecule has 1 aromatic heterocycles. The van der Waals surface area contributed by atoms with E-state index in [1.165, 1.54) is 25.8 Å². The molecule has 4 heterocycles. The van der Waals surface area contributed by atoms with Crippen LogP contribution in [0.25, 0.3) is 22.2 Å². The van der Waals surface area contributed by atoms with E-state index >= 15 is 8.42 Å². The number of likely N-dealkylation sites (tertiary alicyclic amines) is 1. The average Bonchev–Trinajstić information content (AvgIpc) is 3.32. The summed E-state index contributed by atoms with van der Waals surface area (Å²) in [6.07, 6.45) is 6.95. The van der Waals surface area contributed by atoms with Crippen molar-refractivity contribution in [3.8, 4) is 17.0 Å². The van der Waals surface area contributed by atoms with Crippen LogP contribution in [0.4, 0.5) is 0 Å². The van der Waals surface area contributed by atoms with Gasteiger partial charge in [0.05, 0.1) is 18.1 Å². The number of ether oxygens (including phenoxy) is 1. The highest BCUT2D eigenvalue weighted by Crippen LogP contribution is 2.64. The van der Waals surface area contributed by atoms with Crippen LogP contribution in [-0.4, -0.2) is 85.3 Å². The van der Waals surface area contributed by atoms with Crippen molar-refractivity contribution >= 4 is 36.9 Å². The summed E-state index contributed by atoms with van der Waals surface area (Å²) in [5.41, 5.74) is 5.30. The molecule has 260 valence electrons. The molecular formula is C36H48N4O6S2. The van der Waals surface area contributed by atoms with Crippen molar-refractivity contribution < 1.29 is 27.8 Å². The Morgan fingerprint density at radius 3 is 2.48 bits per heavy atom. The summed E-state index contributed by atoms with van der Waals surface area (Å²) in [7, 11) is -5.93. The number of methoxy groups -OCH3 is 1. The molecule has 0 spiro atoms. The molecule has 3 aromatic rings. The Bertz CT molecular complexity index is 2040. The number of likely N-dealkylation sites (N-methyl/N-ethyl adjacent to an activating group) is 1. The van der Waals surface area contributed by atoms with Gasteiger partial charge in [0.1, 0.15) is 10.5 Å². The lowest BCUT2D eigenvalue weighted by molar-refractivity contribution is 0.0981. The topological polar surface area (TPSA) is 118 Å². The van der Waals surface area contributed by atoms with E-state index < -0.39 is 36.0 Å². The summed E-state index contributed by atoms with van der Waals surface area (Å²) < 4.78 is 66.3. The normalized spacial score (nSPS) is 27.5. The molecular weight excluding hydrogens is 649 g/mol. The first-order valence-electron chi connectivity index (χ1n) is 17.6. The summed E-state index contributed by atoms with van der Waals surface area (Å²) >= 11 is 0. The van der Waals surface area contributed by atoms with Crippen LogP contribution in [0.1, 0.15) is 100 Å². The minimum Gasteiger partial charge on any atom is -0.497 e. The molecule has 2 bridgehead atoms. The molecule has 4 unspecified atom stereocenters. The van der Waals surface area contributed by atoms with Crippen LogP contribution < -0.4 is 9.46 Å². The van der Waals surface area contributed by atoms with Crippen LogP contribution in [0.5, 0.6) is 5.75 Å². The molecule has 4 atom stereocenters. The predicted octanol–water partition coefficient (Wildman–Crippen LogP) is 5.43. The lowest BCUT2D eigenvalue weighted by Crippen LogP contribution is -2.52. The number of aromatic nitrogens is 1. The van der Waals surface area contributed by atoms with E-state index in [9.17, 15) is 13.2 Å². The Labute approximate surface area is 285 Å². The van der Waals surface area contributed by atoms with Gasteiger partial charge in [0.2, 0.25) is 20.0 Å². The highest BCUT2D eigenvalue weighted by molar-refractivity contribution is 7.91. The van der Waals surface area contributed by atoms with Crippen LogP contribution in [0.15, 0.2) is 36.4 Å².